The fourth-order valence-corrected chi connectivity index (χ4v) is 3.46. The van der Waals surface area contributed by atoms with Crippen molar-refractivity contribution in [3.8, 4) is 0 Å². The van der Waals surface area contributed by atoms with Crippen molar-refractivity contribution in [2.45, 2.75) is 38.1 Å². The molecular weight excluding hydrogens is 355 g/mol. The van der Waals surface area contributed by atoms with E-state index in [2.05, 4.69) is 10.6 Å². The molecule has 136 valence electrons. The van der Waals surface area contributed by atoms with Gasteiger partial charge in [0.25, 0.3) is 0 Å². The molecule has 4 nitrogen and oxygen atoms in total. The van der Waals surface area contributed by atoms with Crippen LogP contribution in [0.5, 0.6) is 0 Å². The largest absolute Gasteiger partial charge is 0.351 e. The topological polar surface area (TPSA) is 58.2 Å². The highest BCUT2D eigenvalue weighted by Crippen LogP contribution is 2.44. The number of halogens is 2. The third-order valence-electron chi connectivity index (χ3n) is 4.84. The summed E-state index contributed by atoms with van der Waals surface area (Å²) in [5, 5.41) is 5.71. The lowest BCUT2D eigenvalue weighted by Crippen LogP contribution is -2.49. The molecule has 3 rings (SSSR count). The Hall–Kier alpha value is -2.40. The summed E-state index contributed by atoms with van der Waals surface area (Å²) in [6, 6.07) is 11.8. The zero-order valence-electron chi connectivity index (χ0n) is 14.4. The average molecular weight is 375 g/mol. The van der Waals surface area contributed by atoms with Crippen molar-refractivity contribution in [3.63, 3.8) is 0 Å². The molecular formula is C20H20ClFN2O2. The van der Waals surface area contributed by atoms with E-state index in [0.717, 1.165) is 30.4 Å². The third-order valence-corrected chi connectivity index (χ3v) is 5.13. The van der Waals surface area contributed by atoms with Crippen molar-refractivity contribution in [2.24, 2.45) is 0 Å². The maximum absolute atomic E-state index is 13.2. The van der Waals surface area contributed by atoms with Gasteiger partial charge in [0.05, 0.1) is 10.4 Å². The zero-order valence-corrected chi connectivity index (χ0v) is 15.2. The number of benzene rings is 2. The van der Waals surface area contributed by atoms with Crippen molar-refractivity contribution in [1.29, 1.82) is 0 Å². The zero-order chi connectivity index (χ0) is 18.7. The summed E-state index contributed by atoms with van der Waals surface area (Å²) < 4.78 is 13.2. The van der Waals surface area contributed by atoms with Gasteiger partial charge < -0.3 is 10.6 Å². The molecule has 0 heterocycles. The molecule has 0 bridgehead atoms. The summed E-state index contributed by atoms with van der Waals surface area (Å²) in [5.74, 6) is -0.653. The maximum Gasteiger partial charge on any atom is 0.230 e. The van der Waals surface area contributed by atoms with Crippen LogP contribution < -0.4 is 10.6 Å². The van der Waals surface area contributed by atoms with Gasteiger partial charge >= 0.3 is 0 Å². The Morgan fingerprint density at radius 3 is 2.38 bits per heavy atom. The van der Waals surface area contributed by atoms with Gasteiger partial charge in [-0.1, -0.05) is 36.2 Å². The summed E-state index contributed by atoms with van der Waals surface area (Å²) in [4.78, 5) is 24.0. The van der Waals surface area contributed by atoms with E-state index >= 15 is 0 Å². The quantitative estimate of drug-likeness (QED) is 0.825. The normalized spacial score (nSPS) is 15.0. The maximum atomic E-state index is 13.2. The van der Waals surface area contributed by atoms with Crippen molar-refractivity contribution < 1.29 is 14.0 Å². The minimum atomic E-state index is -0.543. The van der Waals surface area contributed by atoms with Crippen LogP contribution in [0.1, 0.15) is 37.3 Å². The van der Waals surface area contributed by atoms with Gasteiger partial charge in [0.1, 0.15) is 5.82 Å². The molecule has 1 fully saturated rings. The van der Waals surface area contributed by atoms with Gasteiger partial charge in [0.15, 0.2) is 0 Å². The number of anilines is 1. The first-order valence-corrected chi connectivity index (χ1v) is 8.89. The number of carbonyl (C=O) groups excluding carboxylic acids is 2. The Balaban J connectivity index is 1.71. The van der Waals surface area contributed by atoms with Gasteiger partial charge in [-0.05, 0) is 48.2 Å². The molecule has 6 heteroatoms. The number of nitrogens with one attached hydrogen (secondary N) is 2. The Labute approximate surface area is 156 Å². The van der Waals surface area contributed by atoms with Gasteiger partial charge in [0, 0.05) is 19.2 Å². The van der Waals surface area contributed by atoms with E-state index in [0.29, 0.717) is 12.2 Å². The second kappa shape index (κ2) is 7.46. The van der Waals surface area contributed by atoms with E-state index in [1.165, 1.54) is 19.1 Å². The smallest absolute Gasteiger partial charge is 0.230 e. The molecule has 0 saturated heterocycles. The lowest BCUT2D eigenvalue weighted by atomic mass is 9.63. The van der Waals surface area contributed by atoms with Gasteiger partial charge in [0.2, 0.25) is 11.8 Å². The Kier molecular flexibility index (Phi) is 5.28. The first kappa shape index (κ1) is 18.4. The monoisotopic (exact) mass is 374 g/mol. The van der Waals surface area contributed by atoms with Gasteiger partial charge in [-0.2, -0.15) is 0 Å². The molecule has 0 radical (unpaired) electrons. The van der Waals surface area contributed by atoms with Crippen LogP contribution in [-0.2, 0) is 21.5 Å². The van der Waals surface area contributed by atoms with Crippen LogP contribution in [0.4, 0.5) is 10.1 Å². The summed E-state index contributed by atoms with van der Waals surface area (Å²) in [6.07, 6.45) is 2.55. The van der Waals surface area contributed by atoms with E-state index in [1.807, 2.05) is 24.3 Å². The van der Waals surface area contributed by atoms with Gasteiger partial charge in [-0.15, -0.1) is 0 Å². The van der Waals surface area contributed by atoms with Crippen molar-refractivity contribution in [1.82, 2.24) is 5.32 Å². The molecule has 0 unspecified atom stereocenters. The molecule has 1 aliphatic carbocycles. The van der Waals surface area contributed by atoms with E-state index in [9.17, 15) is 14.0 Å². The number of carbonyl (C=O) groups is 2. The van der Waals surface area contributed by atoms with E-state index in [4.69, 9.17) is 11.6 Å². The molecule has 2 aromatic carbocycles. The molecule has 26 heavy (non-hydrogen) atoms. The molecule has 0 spiro atoms. The second-order valence-corrected chi connectivity index (χ2v) is 7.03. The third kappa shape index (κ3) is 3.73. The van der Waals surface area contributed by atoms with Crippen molar-refractivity contribution in [2.75, 3.05) is 5.32 Å². The Bertz CT molecular complexity index is 832. The standard InChI is InChI=1S/C20H20ClFN2O2/c1-13(25)24-16-6-4-15(5-7-16)20(9-2-10-20)19(26)23-12-14-3-8-18(22)17(21)11-14/h3-8,11H,2,9-10,12H2,1H3,(H,23,26)(H,24,25). The van der Waals surface area contributed by atoms with Gasteiger partial charge in [-0.3, -0.25) is 9.59 Å². The van der Waals surface area contributed by atoms with Crippen LogP contribution in [0.25, 0.3) is 0 Å². The fourth-order valence-electron chi connectivity index (χ4n) is 3.25. The summed E-state index contributed by atoms with van der Waals surface area (Å²) in [5.41, 5.74) is 1.85. The van der Waals surface area contributed by atoms with E-state index in [1.54, 1.807) is 6.07 Å². The first-order valence-electron chi connectivity index (χ1n) is 8.51. The molecule has 1 aliphatic rings. The molecule has 0 aromatic heterocycles. The molecule has 1 saturated carbocycles. The second-order valence-electron chi connectivity index (χ2n) is 6.63. The molecule has 2 aromatic rings. The summed E-state index contributed by atoms with van der Waals surface area (Å²) in [6.45, 7) is 1.75. The average Bonchev–Trinajstić information content (AvgIpc) is 2.56. The molecule has 0 atom stereocenters. The van der Waals surface area contributed by atoms with E-state index < -0.39 is 11.2 Å². The minimum Gasteiger partial charge on any atom is -0.351 e. The minimum absolute atomic E-state index is 0.0449. The fraction of sp³-hybridized carbons (Fsp3) is 0.300. The first-order chi connectivity index (χ1) is 12.4. The van der Waals surface area contributed by atoms with Crippen molar-refractivity contribution in [3.05, 3.63) is 64.4 Å². The highest BCUT2D eigenvalue weighted by Gasteiger charge is 2.45. The van der Waals surface area contributed by atoms with Crippen LogP contribution in [-0.4, -0.2) is 11.8 Å². The lowest BCUT2D eigenvalue weighted by Gasteiger charge is -2.40. The number of rotatable bonds is 5. The molecule has 2 N–H and O–H groups in total. The highest BCUT2D eigenvalue weighted by molar-refractivity contribution is 6.30. The van der Waals surface area contributed by atoms with E-state index in [-0.39, 0.29) is 16.8 Å². The number of amides is 2. The molecule has 2 amide bonds. The Morgan fingerprint density at radius 2 is 1.85 bits per heavy atom. The van der Waals surface area contributed by atoms with Crippen LogP contribution in [0, 0.1) is 5.82 Å². The van der Waals surface area contributed by atoms with Gasteiger partial charge in [-0.25, -0.2) is 4.39 Å². The van der Waals surface area contributed by atoms with Crippen LogP contribution in [0.2, 0.25) is 5.02 Å². The molecule has 0 aliphatic heterocycles. The predicted octanol–water partition coefficient (Wildman–Crippen LogP) is 4.18. The number of hydrogen-bond acceptors (Lipinski definition) is 2. The van der Waals surface area contributed by atoms with Crippen LogP contribution >= 0.6 is 11.6 Å². The van der Waals surface area contributed by atoms with Crippen molar-refractivity contribution >= 4 is 29.1 Å². The summed E-state index contributed by atoms with van der Waals surface area (Å²) in [7, 11) is 0. The highest BCUT2D eigenvalue weighted by atomic mass is 35.5. The van der Waals surface area contributed by atoms with Crippen LogP contribution in [0.3, 0.4) is 0 Å². The predicted molar refractivity (Wildman–Crippen MR) is 99.5 cm³/mol. The SMILES string of the molecule is CC(=O)Nc1ccc(C2(C(=O)NCc3ccc(F)c(Cl)c3)CCC2)cc1. The lowest BCUT2D eigenvalue weighted by molar-refractivity contribution is -0.130. The van der Waals surface area contributed by atoms with Crippen LogP contribution in [0.15, 0.2) is 42.5 Å². The summed E-state index contributed by atoms with van der Waals surface area (Å²) >= 11 is 5.79. The Morgan fingerprint density at radius 1 is 1.15 bits per heavy atom. The number of hydrogen-bond donors (Lipinski definition) is 2.